The van der Waals surface area contributed by atoms with Crippen molar-refractivity contribution >= 4 is 5.69 Å². The molecule has 1 aliphatic heterocycles. The van der Waals surface area contributed by atoms with E-state index in [9.17, 15) is 0 Å². The van der Waals surface area contributed by atoms with Crippen LogP contribution in [-0.4, -0.2) is 18.5 Å². The fourth-order valence-electron chi connectivity index (χ4n) is 1.72. The summed E-state index contributed by atoms with van der Waals surface area (Å²) in [7, 11) is 2.14. The quantitative estimate of drug-likeness (QED) is 0.639. The summed E-state index contributed by atoms with van der Waals surface area (Å²) >= 11 is 0. The molecule has 0 amide bonds. The summed E-state index contributed by atoms with van der Waals surface area (Å²) in [6.45, 7) is 6.21. The molecule has 0 saturated carbocycles. The normalized spacial score (nSPS) is 15.4. The minimum Gasteiger partial charge on any atom is -0.399 e. The van der Waals surface area contributed by atoms with Crippen molar-refractivity contribution in [2.75, 3.05) is 19.3 Å². The molecule has 0 radical (unpaired) electrons. The van der Waals surface area contributed by atoms with E-state index in [1.165, 1.54) is 11.1 Å². The Hall–Kier alpha value is -1.02. The summed E-state index contributed by atoms with van der Waals surface area (Å²) in [5, 5.41) is 0. The number of rotatable bonds is 0. The van der Waals surface area contributed by atoms with Crippen LogP contribution >= 0.6 is 0 Å². The zero-order valence-electron chi connectivity index (χ0n) is 9.38. The summed E-state index contributed by atoms with van der Waals surface area (Å²) in [4.78, 5) is 2.32. The molecule has 0 unspecified atom stereocenters. The summed E-state index contributed by atoms with van der Waals surface area (Å²) in [5.41, 5.74) is 9.44. The van der Waals surface area contributed by atoms with Gasteiger partial charge in [-0.3, -0.25) is 0 Å². The summed E-state index contributed by atoms with van der Waals surface area (Å²) in [5.74, 6) is 0. The highest BCUT2D eigenvalue weighted by Crippen LogP contribution is 2.19. The number of likely N-dealkylation sites (N-methyl/N-ethyl adjacent to an activating group) is 1. The number of nitrogen functional groups attached to an aromatic ring is 1. The van der Waals surface area contributed by atoms with Gasteiger partial charge in [0, 0.05) is 18.8 Å². The van der Waals surface area contributed by atoms with Crippen molar-refractivity contribution in [2.45, 2.75) is 26.8 Å². The van der Waals surface area contributed by atoms with Crippen molar-refractivity contribution in [3.63, 3.8) is 0 Å². The maximum atomic E-state index is 5.71. The molecule has 2 nitrogen and oxygen atoms in total. The predicted octanol–water partition coefficient (Wildman–Crippen LogP) is 2.28. The molecule has 0 bridgehead atoms. The second-order valence-electron chi connectivity index (χ2n) is 3.52. The van der Waals surface area contributed by atoms with Crippen LogP contribution in [0.1, 0.15) is 25.0 Å². The second-order valence-corrected chi connectivity index (χ2v) is 3.52. The molecule has 2 heteroatoms. The number of nitrogens with two attached hydrogens (primary N) is 1. The zero-order chi connectivity index (χ0) is 10.6. The van der Waals surface area contributed by atoms with Gasteiger partial charge in [0.05, 0.1) is 0 Å². The number of nitrogens with zero attached hydrogens (tertiary/aromatic N) is 1. The molecule has 14 heavy (non-hydrogen) atoms. The Kier molecular flexibility index (Phi) is 3.96. The lowest BCUT2D eigenvalue weighted by Gasteiger charge is -2.24. The van der Waals surface area contributed by atoms with E-state index in [2.05, 4.69) is 24.1 Å². The SMILES string of the molecule is CC.CN1CCc2ccc(N)cc2C1. The first kappa shape index (κ1) is 11.1. The summed E-state index contributed by atoms with van der Waals surface area (Å²) < 4.78 is 0. The van der Waals surface area contributed by atoms with Crippen molar-refractivity contribution in [3.8, 4) is 0 Å². The minimum atomic E-state index is 0.879. The molecule has 1 aromatic carbocycles. The van der Waals surface area contributed by atoms with E-state index in [1.807, 2.05) is 19.9 Å². The first-order valence-corrected chi connectivity index (χ1v) is 5.31. The molecule has 0 saturated heterocycles. The Morgan fingerprint density at radius 2 is 1.93 bits per heavy atom. The van der Waals surface area contributed by atoms with Gasteiger partial charge in [-0.15, -0.1) is 0 Å². The molecular formula is C12H20N2. The summed E-state index contributed by atoms with van der Waals surface area (Å²) in [6.07, 6.45) is 1.16. The van der Waals surface area contributed by atoms with Crippen LogP contribution in [0.3, 0.4) is 0 Å². The lowest BCUT2D eigenvalue weighted by molar-refractivity contribution is 0.313. The lowest BCUT2D eigenvalue weighted by atomic mass is 10.00. The molecule has 78 valence electrons. The highest BCUT2D eigenvalue weighted by atomic mass is 15.1. The van der Waals surface area contributed by atoms with Crippen LogP contribution in [0, 0.1) is 0 Å². The Morgan fingerprint density at radius 1 is 1.21 bits per heavy atom. The van der Waals surface area contributed by atoms with Gasteiger partial charge in [0.25, 0.3) is 0 Å². The molecule has 0 atom stereocenters. The molecule has 1 heterocycles. The number of benzene rings is 1. The fourth-order valence-corrected chi connectivity index (χ4v) is 1.72. The van der Waals surface area contributed by atoms with E-state index < -0.39 is 0 Å². The van der Waals surface area contributed by atoms with Crippen LogP contribution in [0.5, 0.6) is 0 Å². The van der Waals surface area contributed by atoms with Gasteiger partial charge in [0.1, 0.15) is 0 Å². The van der Waals surface area contributed by atoms with Crippen LogP contribution in [0.25, 0.3) is 0 Å². The Balaban J connectivity index is 0.000000461. The third kappa shape index (κ3) is 2.48. The molecule has 0 fully saturated rings. The number of fused-ring (bicyclic) bond motifs is 1. The third-order valence-corrected chi connectivity index (χ3v) is 2.43. The Morgan fingerprint density at radius 3 is 2.64 bits per heavy atom. The maximum Gasteiger partial charge on any atom is 0.0317 e. The van der Waals surface area contributed by atoms with Crippen molar-refractivity contribution in [1.29, 1.82) is 0 Å². The molecule has 0 aliphatic carbocycles. The molecule has 1 aliphatic rings. The van der Waals surface area contributed by atoms with E-state index >= 15 is 0 Å². The first-order chi connectivity index (χ1) is 6.75. The highest BCUT2D eigenvalue weighted by Gasteiger charge is 2.12. The average Bonchev–Trinajstić information content (AvgIpc) is 2.20. The highest BCUT2D eigenvalue weighted by molar-refractivity contribution is 5.45. The number of anilines is 1. The monoisotopic (exact) mass is 192 g/mol. The third-order valence-electron chi connectivity index (χ3n) is 2.43. The van der Waals surface area contributed by atoms with E-state index in [4.69, 9.17) is 5.73 Å². The van der Waals surface area contributed by atoms with Crippen molar-refractivity contribution in [3.05, 3.63) is 29.3 Å². The van der Waals surface area contributed by atoms with Crippen molar-refractivity contribution in [2.24, 2.45) is 0 Å². The van der Waals surface area contributed by atoms with Crippen molar-refractivity contribution < 1.29 is 0 Å². The largest absolute Gasteiger partial charge is 0.399 e. The first-order valence-electron chi connectivity index (χ1n) is 5.31. The van der Waals surface area contributed by atoms with Gasteiger partial charge in [-0.2, -0.15) is 0 Å². The Bertz CT molecular complexity index is 294. The predicted molar refractivity (Wildman–Crippen MR) is 62.2 cm³/mol. The number of hydrogen-bond acceptors (Lipinski definition) is 2. The van der Waals surface area contributed by atoms with Gasteiger partial charge >= 0.3 is 0 Å². The van der Waals surface area contributed by atoms with E-state index in [0.717, 1.165) is 25.2 Å². The van der Waals surface area contributed by atoms with Crippen LogP contribution < -0.4 is 5.73 Å². The molecule has 2 rings (SSSR count). The second kappa shape index (κ2) is 5.01. The maximum absolute atomic E-state index is 5.71. The fraction of sp³-hybridized carbons (Fsp3) is 0.500. The summed E-state index contributed by atoms with van der Waals surface area (Å²) in [6, 6.07) is 6.23. The zero-order valence-corrected chi connectivity index (χ0v) is 9.38. The van der Waals surface area contributed by atoms with E-state index in [1.54, 1.807) is 0 Å². The smallest absolute Gasteiger partial charge is 0.0317 e. The van der Waals surface area contributed by atoms with Crippen LogP contribution in [0.4, 0.5) is 5.69 Å². The van der Waals surface area contributed by atoms with Crippen LogP contribution in [0.15, 0.2) is 18.2 Å². The van der Waals surface area contributed by atoms with E-state index in [0.29, 0.717) is 0 Å². The van der Waals surface area contributed by atoms with Gasteiger partial charge in [-0.25, -0.2) is 0 Å². The molecular weight excluding hydrogens is 172 g/mol. The van der Waals surface area contributed by atoms with E-state index in [-0.39, 0.29) is 0 Å². The standard InChI is InChI=1S/C10H14N2.C2H6/c1-12-5-4-8-2-3-10(11)6-9(8)7-12;1-2/h2-3,6H,4-5,7,11H2,1H3;1-2H3. The van der Waals surface area contributed by atoms with Gasteiger partial charge in [-0.1, -0.05) is 19.9 Å². The Labute approximate surface area is 86.7 Å². The van der Waals surface area contributed by atoms with Crippen LogP contribution in [0.2, 0.25) is 0 Å². The van der Waals surface area contributed by atoms with Gasteiger partial charge < -0.3 is 10.6 Å². The topological polar surface area (TPSA) is 29.3 Å². The van der Waals surface area contributed by atoms with Gasteiger partial charge in [0.15, 0.2) is 0 Å². The van der Waals surface area contributed by atoms with Crippen molar-refractivity contribution in [1.82, 2.24) is 4.90 Å². The molecule has 0 spiro atoms. The average molecular weight is 192 g/mol. The van der Waals surface area contributed by atoms with Gasteiger partial charge in [0.2, 0.25) is 0 Å². The van der Waals surface area contributed by atoms with Crippen LogP contribution in [-0.2, 0) is 13.0 Å². The molecule has 0 aromatic heterocycles. The molecule has 1 aromatic rings. The number of hydrogen-bond donors (Lipinski definition) is 1. The van der Waals surface area contributed by atoms with Gasteiger partial charge in [-0.05, 0) is 36.7 Å². The lowest BCUT2D eigenvalue weighted by Crippen LogP contribution is -2.26. The molecule has 2 N–H and O–H groups in total. The minimum absolute atomic E-state index is 0.879.